The van der Waals surface area contributed by atoms with E-state index in [2.05, 4.69) is 31.3 Å². The number of methoxy groups -OCH3 is 1. The molecule has 3 amide bonds. The standard InChI is InChI=1S/C25H39BrN4O7/c1-14(2)20(28-23(34)36-7)22(33)30-13-29(24(35)37-25(4,5)6)12-18(30)21(32)27-11-19(31)17-9-8-16(26)10-15(17)3/h8-10,14-15,17-18,20,22,33H,11-13H2,1-7H3,(H,27,32)(H,28,34)/t15?,17?,18-,20-,22?/m0/s1. The van der Waals surface area contributed by atoms with Crippen molar-refractivity contribution < 1.29 is 33.8 Å². The topological polar surface area (TPSA) is 138 Å². The summed E-state index contributed by atoms with van der Waals surface area (Å²) in [6, 6.07) is -1.79. The minimum absolute atomic E-state index is 0.0348. The van der Waals surface area contributed by atoms with Crippen LogP contribution >= 0.6 is 15.9 Å². The van der Waals surface area contributed by atoms with Crippen LogP contribution in [0.15, 0.2) is 22.7 Å². The zero-order valence-electron chi connectivity index (χ0n) is 22.5. The van der Waals surface area contributed by atoms with Gasteiger partial charge >= 0.3 is 12.2 Å². The van der Waals surface area contributed by atoms with Gasteiger partial charge in [-0.15, -0.1) is 0 Å². The Morgan fingerprint density at radius 1 is 1.24 bits per heavy atom. The highest BCUT2D eigenvalue weighted by Crippen LogP contribution is 2.26. The van der Waals surface area contributed by atoms with Crippen molar-refractivity contribution in [2.45, 2.75) is 65.5 Å². The molecular weight excluding hydrogens is 548 g/mol. The Kier molecular flexibility index (Phi) is 10.7. The van der Waals surface area contributed by atoms with Crippen LogP contribution in [0.2, 0.25) is 0 Å². The number of halogens is 1. The van der Waals surface area contributed by atoms with Gasteiger partial charge in [0.2, 0.25) is 5.91 Å². The van der Waals surface area contributed by atoms with Crippen molar-refractivity contribution in [2.75, 3.05) is 26.9 Å². The van der Waals surface area contributed by atoms with Crippen molar-refractivity contribution in [3.8, 4) is 0 Å². The molecule has 11 nitrogen and oxygen atoms in total. The summed E-state index contributed by atoms with van der Waals surface area (Å²) >= 11 is 3.40. The lowest BCUT2D eigenvalue weighted by Crippen LogP contribution is -2.58. The van der Waals surface area contributed by atoms with Crippen molar-refractivity contribution in [3.63, 3.8) is 0 Å². The number of ketones is 1. The van der Waals surface area contributed by atoms with Gasteiger partial charge < -0.3 is 25.2 Å². The van der Waals surface area contributed by atoms with Gasteiger partial charge in [0.25, 0.3) is 0 Å². The second-order valence-corrected chi connectivity index (χ2v) is 11.6. The highest BCUT2D eigenvalue weighted by Gasteiger charge is 2.45. The second-order valence-electron chi connectivity index (χ2n) is 10.7. The van der Waals surface area contributed by atoms with Crippen LogP contribution in [0.5, 0.6) is 0 Å². The molecule has 0 aromatic rings. The van der Waals surface area contributed by atoms with E-state index < -0.39 is 42.0 Å². The van der Waals surface area contributed by atoms with Crippen LogP contribution in [0.25, 0.3) is 0 Å². The van der Waals surface area contributed by atoms with Crippen LogP contribution in [0, 0.1) is 17.8 Å². The summed E-state index contributed by atoms with van der Waals surface area (Å²) in [7, 11) is 1.21. The summed E-state index contributed by atoms with van der Waals surface area (Å²) in [5.41, 5.74) is -0.756. The number of alkyl carbamates (subject to hydrolysis) is 1. The molecule has 12 heteroatoms. The van der Waals surface area contributed by atoms with E-state index >= 15 is 0 Å². The smallest absolute Gasteiger partial charge is 0.411 e. The molecule has 2 aliphatic rings. The van der Waals surface area contributed by atoms with Crippen molar-refractivity contribution in [3.05, 3.63) is 22.7 Å². The number of hydrogen-bond donors (Lipinski definition) is 3. The van der Waals surface area contributed by atoms with Gasteiger partial charge in [-0.05, 0) is 32.6 Å². The van der Waals surface area contributed by atoms with Crippen LogP contribution in [0.1, 0.15) is 41.5 Å². The normalized spacial score (nSPS) is 23.8. The fourth-order valence-electron chi connectivity index (χ4n) is 4.21. The lowest BCUT2D eigenvalue weighted by Gasteiger charge is -2.35. The molecule has 0 bridgehead atoms. The van der Waals surface area contributed by atoms with Crippen LogP contribution in [0.3, 0.4) is 0 Å². The molecule has 0 aromatic carbocycles. The molecular formula is C25H39BrN4O7. The number of nitrogens with zero attached hydrogens (tertiary/aromatic N) is 2. The Labute approximate surface area is 226 Å². The molecule has 2 rings (SSSR count). The highest BCUT2D eigenvalue weighted by molar-refractivity contribution is 9.11. The van der Waals surface area contributed by atoms with E-state index in [-0.39, 0.29) is 43.3 Å². The van der Waals surface area contributed by atoms with E-state index in [4.69, 9.17) is 4.74 Å². The van der Waals surface area contributed by atoms with Gasteiger partial charge in [-0.3, -0.25) is 14.5 Å². The molecule has 5 atom stereocenters. The van der Waals surface area contributed by atoms with Crippen LogP contribution in [-0.4, -0.2) is 89.6 Å². The van der Waals surface area contributed by atoms with Crippen molar-refractivity contribution >= 4 is 39.8 Å². The summed E-state index contributed by atoms with van der Waals surface area (Å²) in [5.74, 6) is -1.33. The Morgan fingerprint density at radius 3 is 2.43 bits per heavy atom. The molecule has 3 unspecified atom stereocenters. The summed E-state index contributed by atoms with van der Waals surface area (Å²) in [6.45, 7) is 10.3. The van der Waals surface area contributed by atoms with Crippen LogP contribution in [-0.2, 0) is 19.1 Å². The Hall–Kier alpha value is -2.44. The number of ether oxygens (including phenoxy) is 2. The first-order valence-electron chi connectivity index (χ1n) is 12.3. The molecule has 0 spiro atoms. The lowest BCUT2D eigenvalue weighted by atomic mass is 9.86. The largest absolute Gasteiger partial charge is 0.453 e. The molecule has 37 heavy (non-hydrogen) atoms. The highest BCUT2D eigenvalue weighted by atomic mass is 79.9. The maximum Gasteiger partial charge on any atom is 0.411 e. The predicted molar refractivity (Wildman–Crippen MR) is 140 cm³/mol. The molecule has 1 heterocycles. The Bertz CT molecular complexity index is 930. The fourth-order valence-corrected chi connectivity index (χ4v) is 4.78. The first kappa shape index (κ1) is 30.8. The minimum Gasteiger partial charge on any atom is -0.453 e. The quantitative estimate of drug-likeness (QED) is 0.394. The number of Topliss-reactive ketones (excluding diaryl/α,β-unsaturated/α-hetero) is 1. The summed E-state index contributed by atoms with van der Waals surface area (Å²) in [6.07, 6.45) is 2.82. The Morgan fingerprint density at radius 2 is 1.89 bits per heavy atom. The average molecular weight is 588 g/mol. The van der Waals surface area contributed by atoms with Gasteiger partial charge in [0, 0.05) is 16.9 Å². The third-order valence-corrected chi connectivity index (χ3v) is 6.72. The maximum absolute atomic E-state index is 13.3. The van der Waals surface area contributed by atoms with Crippen molar-refractivity contribution in [1.29, 1.82) is 0 Å². The first-order chi connectivity index (χ1) is 17.1. The van der Waals surface area contributed by atoms with E-state index in [0.717, 1.165) is 4.48 Å². The van der Waals surface area contributed by atoms with Gasteiger partial charge in [0.15, 0.2) is 5.78 Å². The molecule has 3 N–H and O–H groups in total. The van der Waals surface area contributed by atoms with Gasteiger partial charge in [-0.25, -0.2) is 14.5 Å². The lowest BCUT2D eigenvalue weighted by molar-refractivity contribution is -0.133. The monoisotopic (exact) mass is 586 g/mol. The van der Waals surface area contributed by atoms with Crippen LogP contribution in [0.4, 0.5) is 9.59 Å². The van der Waals surface area contributed by atoms with E-state index in [1.54, 1.807) is 46.8 Å². The SMILES string of the molecule is COC(=O)N[C@@H](C(C)C)C(O)N1CN(C(=O)OC(C)(C)C)C[C@H]1C(=O)NCC(=O)C1C=CC(Br)=CC1C. The van der Waals surface area contributed by atoms with E-state index in [1.165, 1.54) is 16.9 Å². The zero-order chi connectivity index (χ0) is 28.1. The molecule has 0 saturated carbocycles. The second kappa shape index (κ2) is 12.9. The molecule has 0 radical (unpaired) electrons. The number of aliphatic hydroxyl groups excluding tert-OH is 1. The number of carbonyl (C=O) groups excluding carboxylic acids is 4. The molecule has 208 valence electrons. The van der Waals surface area contributed by atoms with Gasteiger partial charge in [0.1, 0.15) is 17.9 Å². The van der Waals surface area contributed by atoms with E-state index in [1.807, 2.05) is 13.0 Å². The van der Waals surface area contributed by atoms with Gasteiger partial charge in [0.05, 0.1) is 26.4 Å². The third kappa shape index (κ3) is 8.54. The Balaban J connectivity index is 2.20. The summed E-state index contributed by atoms with van der Waals surface area (Å²) in [5, 5.41) is 16.5. The zero-order valence-corrected chi connectivity index (χ0v) is 24.1. The van der Waals surface area contributed by atoms with Crippen molar-refractivity contribution in [2.24, 2.45) is 17.8 Å². The molecule has 1 aliphatic carbocycles. The van der Waals surface area contributed by atoms with Crippen molar-refractivity contribution in [1.82, 2.24) is 20.4 Å². The van der Waals surface area contributed by atoms with E-state index in [9.17, 15) is 24.3 Å². The van der Waals surface area contributed by atoms with Gasteiger partial charge in [-0.2, -0.15) is 0 Å². The average Bonchev–Trinajstić information content (AvgIpc) is 3.24. The number of amides is 3. The number of hydrogen-bond acceptors (Lipinski definition) is 8. The number of carbonyl (C=O) groups is 4. The fraction of sp³-hybridized carbons (Fsp3) is 0.680. The minimum atomic E-state index is -1.33. The number of rotatable bonds is 8. The maximum atomic E-state index is 13.3. The summed E-state index contributed by atoms with van der Waals surface area (Å²) < 4.78 is 11.0. The molecule has 0 aromatic heterocycles. The van der Waals surface area contributed by atoms with E-state index in [0.29, 0.717) is 0 Å². The molecule has 1 fully saturated rings. The number of aliphatic hydroxyl groups is 1. The third-order valence-electron chi connectivity index (χ3n) is 6.19. The molecule has 1 aliphatic heterocycles. The van der Waals surface area contributed by atoms with Crippen LogP contribution < -0.4 is 10.6 Å². The number of nitrogens with one attached hydrogen (secondary N) is 2. The summed E-state index contributed by atoms with van der Waals surface area (Å²) in [4.78, 5) is 53.4. The molecule has 1 saturated heterocycles. The predicted octanol–water partition coefficient (Wildman–Crippen LogP) is 2.35. The first-order valence-corrected chi connectivity index (χ1v) is 13.1. The number of allylic oxidation sites excluding steroid dienone is 4. The van der Waals surface area contributed by atoms with Gasteiger partial charge in [-0.1, -0.05) is 54.9 Å².